The van der Waals surface area contributed by atoms with Crippen molar-refractivity contribution in [3.63, 3.8) is 0 Å². The van der Waals surface area contributed by atoms with Gasteiger partial charge in [0.05, 0.1) is 5.56 Å². The van der Waals surface area contributed by atoms with E-state index in [1.54, 1.807) is 24.1 Å². The summed E-state index contributed by atoms with van der Waals surface area (Å²) >= 11 is 6.13. The van der Waals surface area contributed by atoms with Crippen LogP contribution in [0.15, 0.2) is 12.3 Å². The standard InChI is InChI=1S/C12H13ClN4O/c1-9(18)16-4-6-17(7-5-16)12-11(13)10(8-14)2-3-15-12/h2-3H,4-7H2,1H3. The molecule has 0 saturated carbocycles. The number of pyridine rings is 1. The number of halogens is 1. The highest BCUT2D eigenvalue weighted by Crippen LogP contribution is 2.27. The van der Waals surface area contributed by atoms with Crippen LogP contribution >= 0.6 is 11.6 Å². The minimum Gasteiger partial charge on any atom is -0.352 e. The van der Waals surface area contributed by atoms with Crippen LogP contribution in [0.5, 0.6) is 0 Å². The Kier molecular flexibility index (Phi) is 3.68. The van der Waals surface area contributed by atoms with Crippen LogP contribution < -0.4 is 4.90 Å². The van der Waals surface area contributed by atoms with Crippen LogP contribution in [-0.2, 0) is 4.79 Å². The summed E-state index contributed by atoms with van der Waals surface area (Å²) in [6.45, 7) is 4.24. The van der Waals surface area contributed by atoms with E-state index in [1.165, 1.54) is 0 Å². The number of carbonyl (C=O) groups is 1. The molecule has 0 N–H and O–H groups in total. The molecule has 1 aliphatic rings. The van der Waals surface area contributed by atoms with Gasteiger partial charge in [-0.25, -0.2) is 4.98 Å². The zero-order valence-corrected chi connectivity index (χ0v) is 10.8. The molecule has 0 atom stereocenters. The van der Waals surface area contributed by atoms with Crippen molar-refractivity contribution in [3.8, 4) is 6.07 Å². The molecule has 1 aromatic heterocycles. The number of amides is 1. The maximum absolute atomic E-state index is 11.2. The van der Waals surface area contributed by atoms with Crippen molar-refractivity contribution in [3.05, 3.63) is 22.8 Å². The predicted molar refractivity (Wildman–Crippen MR) is 68.4 cm³/mol. The summed E-state index contributed by atoms with van der Waals surface area (Å²) in [5.74, 6) is 0.707. The fraction of sp³-hybridized carbons (Fsp3) is 0.417. The quantitative estimate of drug-likeness (QED) is 0.767. The number of anilines is 1. The second-order valence-electron chi connectivity index (χ2n) is 4.10. The Morgan fingerprint density at radius 2 is 2.11 bits per heavy atom. The fourth-order valence-corrected chi connectivity index (χ4v) is 2.25. The maximum atomic E-state index is 11.2. The molecule has 0 spiro atoms. The molecule has 2 rings (SSSR count). The van der Waals surface area contributed by atoms with E-state index in [0.29, 0.717) is 42.6 Å². The van der Waals surface area contributed by atoms with Crippen molar-refractivity contribution in [2.45, 2.75) is 6.92 Å². The van der Waals surface area contributed by atoms with Crippen molar-refractivity contribution in [2.75, 3.05) is 31.1 Å². The van der Waals surface area contributed by atoms with E-state index in [2.05, 4.69) is 4.98 Å². The van der Waals surface area contributed by atoms with Gasteiger partial charge >= 0.3 is 0 Å². The Bertz CT molecular complexity index is 503. The van der Waals surface area contributed by atoms with Gasteiger partial charge in [0.1, 0.15) is 16.9 Å². The zero-order chi connectivity index (χ0) is 13.1. The lowest BCUT2D eigenvalue weighted by atomic mass is 10.2. The molecule has 18 heavy (non-hydrogen) atoms. The summed E-state index contributed by atoms with van der Waals surface area (Å²) < 4.78 is 0. The first-order valence-electron chi connectivity index (χ1n) is 5.68. The number of nitriles is 1. The largest absolute Gasteiger partial charge is 0.352 e. The van der Waals surface area contributed by atoms with Gasteiger partial charge in [-0.2, -0.15) is 5.26 Å². The molecule has 0 bridgehead atoms. The highest BCUT2D eigenvalue weighted by Gasteiger charge is 2.22. The summed E-state index contributed by atoms with van der Waals surface area (Å²) in [7, 11) is 0. The molecule has 1 aromatic rings. The Labute approximate surface area is 111 Å². The topological polar surface area (TPSA) is 60.2 Å². The smallest absolute Gasteiger partial charge is 0.219 e. The minimum absolute atomic E-state index is 0.0829. The van der Waals surface area contributed by atoms with Gasteiger partial charge in [0, 0.05) is 39.3 Å². The van der Waals surface area contributed by atoms with Crippen molar-refractivity contribution < 1.29 is 4.79 Å². The lowest BCUT2D eigenvalue weighted by Crippen LogP contribution is -2.48. The number of carbonyl (C=O) groups excluding carboxylic acids is 1. The average Bonchev–Trinajstić information content (AvgIpc) is 2.39. The molecular formula is C12H13ClN4O. The maximum Gasteiger partial charge on any atom is 0.219 e. The van der Waals surface area contributed by atoms with Crippen LogP contribution in [0.25, 0.3) is 0 Å². The zero-order valence-electron chi connectivity index (χ0n) is 10.1. The van der Waals surface area contributed by atoms with E-state index in [0.717, 1.165) is 0 Å². The van der Waals surface area contributed by atoms with E-state index < -0.39 is 0 Å². The van der Waals surface area contributed by atoms with E-state index in [9.17, 15) is 4.79 Å². The van der Waals surface area contributed by atoms with E-state index in [4.69, 9.17) is 16.9 Å². The summed E-state index contributed by atoms with van der Waals surface area (Å²) in [4.78, 5) is 19.2. The normalized spacial score (nSPS) is 15.4. The van der Waals surface area contributed by atoms with E-state index >= 15 is 0 Å². The van der Waals surface area contributed by atoms with E-state index in [-0.39, 0.29) is 5.91 Å². The molecule has 0 unspecified atom stereocenters. The number of nitrogens with zero attached hydrogens (tertiary/aromatic N) is 4. The summed E-state index contributed by atoms with van der Waals surface area (Å²) in [6, 6.07) is 3.63. The van der Waals surface area contributed by atoms with Crippen molar-refractivity contribution in [1.29, 1.82) is 5.26 Å². The summed E-state index contributed by atoms with van der Waals surface area (Å²) in [6.07, 6.45) is 1.58. The van der Waals surface area contributed by atoms with Gasteiger partial charge in [-0.05, 0) is 6.07 Å². The highest BCUT2D eigenvalue weighted by molar-refractivity contribution is 6.34. The predicted octanol–water partition coefficient (Wildman–Crippen LogP) is 1.28. The van der Waals surface area contributed by atoms with Crippen LogP contribution in [0.3, 0.4) is 0 Å². The SMILES string of the molecule is CC(=O)N1CCN(c2nccc(C#N)c2Cl)CC1. The van der Waals surface area contributed by atoms with Crippen LogP contribution in [0.1, 0.15) is 12.5 Å². The molecule has 1 amide bonds. The molecule has 2 heterocycles. The second-order valence-corrected chi connectivity index (χ2v) is 4.48. The summed E-state index contributed by atoms with van der Waals surface area (Å²) in [5.41, 5.74) is 0.427. The lowest BCUT2D eigenvalue weighted by molar-refractivity contribution is -0.129. The van der Waals surface area contributed by atoms with Gasteiger partial charge in [0.15, 0.2) is 0 Å². The van der Waals surface area contributed by atoms with Gasteiger partial charge < -0.3 is 9.80 Å². The number of aromatic nitrogens is 1. The Hall–Kier alpha value is -1.80. The molecule has 6 heteroatoms. The lowest BCUT2D eigenvalue weighted by Gasteiger charge is -2.35. The molecule has 0 radical (unpaired) electrons. The van der Waals surface area contributed by atoms with Crippen molar-refractivity contribution in [1.82, 2.24) is 9.88 Å². The molecule has 0 aliphatic carbocycles. The molecule has 0 aromatic carbocycles. The molecule has 1 fully saturated rings. The van der Waals surface area contributed by atoms with Gasteiger partial charge in [-0.3, -0.25) is 4.79 Å². The fourth-order valence-electron chi connectivity index (χ4n) is 1.97. The van der Waals surface area contributed by atoms with Crippen LogP contribution in [0.4, 0.5) is 5.82 Å². The Morgan fingerprint density at radius 1 is 1.44 bits per heavy atom. The van der Waals surface area contributed by atoms with Crippen molar-refractivity contribution in [2.24, 2.45) is 0 Å². The Balaban J connectivity index is 2.15. The van der Waals surface area contributed by atoms with Gasteiger partial charge in [0.2, 0.25) is 5.91 Å². The average molecular weight is 265 g/mol. The van der Waals surface area contributed by atoms with Gasteiger partial charge in [-0.1, -0.05) is 11.6 Å². The first-order valence-corrected chi connectivity index (χ1v) is 6.06. The highest BCUT2D eigenvalue weighted by atomic mass is 35.5. The third-order valence-electron chi connectivity index (χ3n) is 3.02. The third kappa shape index (κ3) is 2.39. The van der Waals surface area contributed by atoms with Crippen LogP contribution in [0.2, 0.25) is 5.02 Å². The monoisotopic (exact) mass is 264 g/mol. The van der Waals surface area contributed by atoms with Gasteiger partial charge in [-0.15, -0.1) is 0 Å². The molecule has 94 valence electrons. The molecule has 5 nitrogen and oxygen atoms in total. The van der Waals surface area contributed by atoms with Crippen LogP contribution in [0, 0.1) is 11.3 Å². The number of piperazine rings is 1. The first kappa shape index (κ1) is 12.7. The number of hydrogen-bond donors (Lipinski definition) is 0. The summed E-state index contributed by atoms with van der Waals surface area (Å²) in [5, 5.41) is 9.31. The van der Waals surface area contributed by atoms with E-state index in [1.807, 2.05) is 11.0 Å². The number of hydrogen-bond acceptors (Lipinski definition) is 4. The van der Waals surface area contributed by atoms with Crippen molar-refractivity contribution >= 4 is 23.3 Å². The minimum atomic E-state index is 0.0829. The molecular weight excluding hydrogens is 252 g/mol. The molecule has 1 saturated heterocycles. The number of rotatable bonds is 1. The third-order valence-corrected chi connectivity index (χ3v) is 3.39. The molecule has 1 aliphatic heterocycles. The van der Waals surface area contributed by atoms with Crippen LogP contribution in [-0.4, -0.2) is 42.0 Å². The first-order chi connectivity index (χ1) is 8.63. The second kappa shape index (κ2) is 5.23. The Morgan fingerprint density at radius 3 is 2.67 bits per heavy atom. The van der Waals surface area contributed by atoms with Gasteiger partial charge in [0.25, 0.3) is 0 Å².